The molecule has 2 aliphatic heterocycles. The van der Waals surface area contributed by atoms with Crippen LogP contribution in [-0.4, -0.2) is 44.8 Å². The molecule has 0 radical (unpaired) electrons. The Morgan fingerprint density at radius 1 is 0.968 bits per heavy atom. The topological polar surface area (TPSA) is 69.7 Å². The van der Waals surface area contributed by atoms with Gasteiger partial charge in [0.15, 0.2) is 0 Å². The fourth-order valence-corrected chi connectivity index (χ4v) is 5.73. The van der Waals surface area contributed by atoms with Crippen molar-refractivity contribution in [1.82, 2.24) is 4.31 Å². The lowest BCUT2D eigenvalue weighted by molar-refractivity contribution is -0.120. The molecule has 0 atom stereocenters. The maximum absolute atomic E-state index is 14.1. The van der Waals surface area contributed by atoms with Crippen LogP contribution in [0.5, 0.6) is 0 Å². The van der Waals surface area contributed by atoms with Crippen LogP contribution in [0.25, 0.3) is 0 Å². The molecule has 0 unspecified atom stereocenters. The Hall–Kier alpha value is -2.52. The van der Waals surface area contributed by atoms with E-state index in [-0.39, 0.29) is 23.9 Å². The highest BCUT2D eigenvalue weighted by molar-refractivity contribution is 7.89. The minimum atomic E-state index is -3.95. The summed E-state index contributed by atoms with van der Waals surface area (Å²) in [5.74, 6) is -1.86. The van der Waals surface area contributed by atoms with Crippen LogP contribution in [-0.2, 0) is 14.8 Å². The van der Waals surface area contributed by atoms with Crippen LogP contribution >= 0.6 is 0 Å². The first-order valence-corrected chi connectivity index (χ1v) is 11.9. The van der Waals surface area contributed by atoms with Crippen molar-refractivity contribution in [2.24, 2.45) is 5.92 Å². The number of carbonyl (C=O) groups excluding carboxylic acids is 1. The van der Waals surface area contributed by atoms with E-state index in [0.717, 1.165) is 37.7 Å². The molecule has 0 bridgehead atoms. The molecule has 2 aliphatic rings. The Balaban J connectivity index is 1.39. The quantitative estimate of drug-likeness (QED) is 0.757. The molecule has 2 aromatic carbocycles. The predicted molar refractivity (Wildman–Crippen MR) is 114 cm³/mol. The monoisotopic (exact) mass is 449 g/mol. The minimum absolute atomic E-state index is 0.122. The standard InChI is InChI=1S/C22H25F2N3O3S/c23-17-13-18(15-19(14-17)26-9-3-4-10-26)25-22(28)16-7-11-27(12-8-16)31(29,30)21-6-2-1-5-20(21)24/h1-2,5-6,13-16H,3-4,7-12H2,(H,25,28). The molecule has 1 amide bonds. The zero-order valence-electron chi connectivity index (χ0n) is 17.1. The lowest BCUT2D eigenvalue weighted by Gasteiger charge is -2.30. The van der Waals surface area contributed by atoms with Gasteiger partial charge in [0.25, 0.3) is 0 Å². The summed E-state index contributed by atoms with van der Waals surface area (Å²) in [5.41, 5.74) is 1.15. The van der Waals surface area contributed by atoms with E-state index in [0.29, 0.717) is 18.5 Å². The molecule has 1 N–H and O–H groups in total. The van der Waals surface area contributed by atoms with E-state index in [9.17, 15) is 22.0 Å². The summed E-state index contributed by atoms with van der Waals surface area (Å²) in [4.78, 5) is 14.5. The average Bonchev–Trinajstić information content (AvgIpc) is 3.29. The smallest absolute Gasteiger partial charge is 0.245 e. The SMILES string of the molecule is O=C(Nc1cc(F)cc(N2CCCC2)c1)C1CCN(S(=O)(=O)c2ccccc2F)CC1. The number of sulfonamides is 1. The second-order valence-corrected chi connectivity index (χ2v) is 9.90. The molecule has 2 fully saturated rings. The molecular formula is C22H25F2N3O3S. The van der Waals surface area contributed by atoms with Crippen molar-refractivity contribution < 1.29 is 22.0 Å². The lowest BCUT2D eigenvalue weighted by Crippen LogP contribution is -2.41. The fraction of sp³-hybridized carbons (Fsp3) is 0.409. The van der Waals surface area contributed by atoms with Gasteiger partial charge in [-0.15, -0.1) is 0 Å². The van der Waals surface area contributed by atoms with Gasteiger partial charge in [-0.2, -0.15) is 4.31 Å². The predicted octanol–water partition coefficient (Wildman–Crippen LogP) is 3.60. The Bertz CT molecular complexity index is 1060. The van der Waals surface area contributed by atoms with Crippen molar-refractivity contribution >= 4 is 27.3 Å². The number of piperidine rings is 1. The number of carbonyl (C=O) groups is 1. The first-order valence-electron chi connectivity index (χ1n) is 10.5. The van der Waals surface area contributed by atoms with Gasteiger partial charge in [0.1, 0.15) is 16.5 Å². The van der Waals surface area contributed by atoms with Crippen molar-refractivity contribution in [3.63, 3.8) is 0 Å². The Kier molecular flexibility index (Phi) is 6.24. The largest absolute Gasteiger partial charge is 0.371 e. The van der Waals surface area contributed by atoms with Crippen LogP contribution in [0.2, 0.25) is 0 Å². The number of nitrogens with zero attached hydrogens (tertiary/aromatic N) is 2. The Morgan fingerprint density at radius 2 is 1.65 bits per heavy atom. The number of hydrogen-bond acceptors (Lipinski definition) is 4. The number of rotatable bonds is 5. The van der Waals surface area contributed by atoms with Gasteiger partial charge in [0, 0.05) is 43.5 Å². The Labute approximate surface area is 180 Å². The Morgan fingerprint density at radius 3 is 2.32 bits per heavy atom. The van der Waals surface area contributed by atoms with Gasteiger partial charge in [0.05, 0.1) is 0 Å². The van der Waals surface area contributed by atoms with Crippen molar-refractivity contribution in [2.45, 2.75) is 30.6 Å². The van der Waals surface area contributed by atoms with E-state index in [4.69, 9.17) is 0 Å². The van der Waals surface area contributed by atoms with E-state index < -0.39 is 27.6 Å². The normalized spacial score (nSPS) is 18.3. The van der Waals surface area contributed by atoms with Crippen LogP contribution in [0.1, 0.15) is 25.7 Å². The number of anilines is 2. The van der Waals surface area contributed by atoms with Crippen LogP contribution in [0, 0.1) is 17.6 Å². The molecule has 0 aromatic heterocycles. The summed E-state index contributed by atoms with van der Waals surface area (Å²) in [5, 5.41) is 2.78. The van der Waals surface area contributed by atoms with Crippen molar-refractivity contribution in [2.75, 3.05) is 36.4 Å². The molecule has 6 nitrogen and oxygen atoms in total. The molecule has 166 valence electrons. The van der Waals surface area contributed by atoms with E-state index in [1.807, 2.05) is 0 Å². The van der Waals surface area contributed by atoms with E-state index in [1.54, 1.807) is 6.07 Å². The van der Waals surface area contributed by atoms with Crippen LogP contribution in [0.15, 0.2) is 47.4 Å². The fourth-order valence-electron chi connectivity index (χ4n) is 4.20. The van der Waals surface area contributed by atoms with Crippen molar-refractivity contribution in [1.29, 1.82) is 0 Å². The van der Waals surface area contributed by atoms with E-state index in [1.165, 1.54) is 34.6 Å². The second kappa shape index (κ2) is 8.92. The molecule has 0 saturated carbocycles. The average molecular weight is 450 g/mol. The van der Waals surface area contributed by atoms with Gasteiger partial charge in [-0.3, -0.25) is 4.79 Å². The molecule has 2 saturated heterocycles. The van der Waals surface area contributed by atoms with Crippen LogP contribution in [0.4, 0.5) is 20.2 Å². The van der Waals surface area contributed by atoms with E-state index in [2.05, 4.69) is 10.2 Å². The second-order valence-electron chi connectivity index (χ2n) is 7.99. The maximum atomic E-state index is 14.1. The van der Waals surface area contributed by atoms with Crippen LogP contribution in [0.3, 0.4) is 0 Å². The van der Waals surface area contributed by atoms with E-state index >= 15 is 0 Å². The van der Waals surface area contributed by atoms with Gasteiger partial charge in [-0.1, -0.05) is 12.1 Å². The third-order valence-corrected chi connectivity index (χ3v) is 7.83. The third kappa shape index (κ3) is 4.72. The number of benzene rings is 2. The molecule has 2 heterocycles. The summed E-state index contributed by atoms with van der Waals surface area (Å²) in [6.45, 7) is 1.98. The van der Waals surface area contributed by atoms with Crippen molar-refractivity contribution in [3.05, 3.63) is 54.1 Å². The third-order valence-electron chi connectivity index (χ3n) is 5.90. The first-order chi connectivity index (χ1) is 14.8. The molecule has 2 aromatic rings. The maximum Gasteiger partial charge on any atom is 0.245 e. The first kappa shape index (κ1) is 21.7. The lowest BCUT2D eigenvalue weighted by atomic mass is 9.97. The minimum Gasteiger partial charge on any atom is -0.371 e. The zero-order valence-corrected chi connectivity index (χ0v) is 17.9. The van der Waals surface area contributed by atoms with Gasteiger partial charge >= 0.3 is 0 Å². The van der Waals surface area contributed by atoms with Gasteiger partial charge < -0.3 is 10.2 Å². The molecule has 9 heteroatoms. The van der Waals surface area contributed by atoms with Gasteiger partial charge in [0.2, 0.25) is 15.9 Å². The molecule has 31 heavy (non-hydrogen) atoms. The number of amides is 1. The highest BCUT2D eigenvalue weighted by Crippen LogP contribution is 2.28. The molecular weight excluding hydrogens is 424 g/mol. The number of halogens is 2. The van der Waals surface area contributed by atoms with Crippen LogP contribution < -0.4 is 10.2 Å². The summed E-state index contributed by atoms with van der Waals surface area (Å²) < 4.78 is 54.7. The highest BCUT2D eigenvalue weighted by Gasteiger charge is 2.33. The zero-order chi connectivity index (χ0) is 22.0. The molecule has 4 rings (SSSR count). The highest BCUT2D eigenvalue weighted by atomic mass is 32.2. The number of hydrogen-bond donors (Lipinski definition) is 1. The summed E-state index contributed by atoms with van der Waals surface area (Å²) in [6, 6.07) is 9.79. The number of nitrogens with one attached hydrogen (secondary N) is 1. The molecule has 0 aliphatic carbocycles. The summed E-state index contributed by atoms with van der Waals surface area (Å²) >= 11 is 0. The van der Waals surface area contributed by atoms with Gasteiger partial charge in [-0.05, 0) is 56.0 Å². The summed E-state index contributed by atoms with van der Waals surface area (Å²) in [6.07, 6.45) is 2.75. The van der Waals surface area contributed by atoms with Gasteiger partial charge in [-0.25, -0.2) is 17.2 Å². The van der Waals surface area contributed by atoms with Crippen molar-refractivity contribution in [3.8, 4) is 0 Å². The molecule has 0 spiro atoms. The summed E-state index contributed by atoms with van der Waals surface area (Å²) in [7, 11) is -3.95.